The molecule has 0 aromatic rings. The van der Waals surface area contributed by atoms with Gasteiger partial charge in [-0.3, -0.25) is 4.84 Å². The minimum absolute atomic E-state index is 0.547. The molecule has 0 aliphatic carbocycles. The molecule has 10 heavy (non-hydrogen) atoms. The Bertz CT molecular complexity index is 70.0. The Kier molecular flexibility index (Phi) is 6.47. The number of rotatable bonds is 5. The van der Waals surface area contributed by atoms with Crippen molar-refractivity contribution in [2.75, 3.05) is 27.2 Å². The second-order valence-electron chi connectivity index (χ2n) is 2.19. The molecule has 5 heteroatoms. The van der Waals surface area contributed by atoms with Crippen LogP contribution in [0.1, 0.15) is 6.42 Å². The van der Waals surface area contributed by atoms with Gasteiger partial charge in [0, 0.05) is 23.6 Å². The second-order valence-corrected chi connectivity index (χ2v) is 2.98. The fourth-order valence-electron chi connectivity index (χ4n) is 0.514. The van der Waals surface area contributed by atoms with E-state index in [4.69, 9.17) is 28.4 Å². The van der Waals surface area contributed by atoms with Gasteiger partial charge in [-0.05, 0) is 31.2 Å². The van der Waals surface area contributed by atoms with Gasteiger partial charge in [-0.2, -0.15) is 0 Å². The van der Waals surface area contributed by atoms with Gasteiger partial charge in [0.1, 0.15) is 0 Å². The van der Waals surface area contributed by atoms with Gasteiger partial charge in [-0.15, -0.1) is 0 Å². The van der Waals surface area contributed by atoms with E-state index < -0.39 is 0 Å². The lowest BCUT2D eigenvalue weighted by Crippen LogP contribution is -2.15. The summed E-state index contributed by atoms with van der Waals surface area (Å²) in [6.07, 6.45) is 0.920. The van der Waals surface area contributed by atoms with Gasteiger partial charge in [0.05, 0.1) is 6.61 Å². The van der Waals surface area contributed by atoms with E-state index in [0.29, 0.717) is 10.7 Å². The SMILES string of the molecule is CN(C)CCCON(Cl)Cl. The van der Waals surface area contributed by atoms with Crippen LogP contribution in [0.25, 0.3) is 0 Å². The topological polar surface area (TPSA) is 15.7 Å². The van der Waals surface area contributed by atoms with Gasteiger partial charge in [0.2, 0.25) is 0 Å². The largest absolute Gasteiger partial charge is 0.309 e. The lowest BCUT2D eigenvalue weighted by atomic mass is 10.4. The van der Waals surface area contributed by atoms with Crippen LogP contribution in [0.3, 0.4) is 0 Å². The second kappa shape index (κ2) is 6.19. The Labute approximate surface area is 71.6 Å². The van der Waals surface area contributed by atoms with Crippen LogP contribution in [-0.2, 0) is 4.84 Å². The van der Waals surface area contributed by atoms with Crippen molar-refractivity contribution in [1.82, 2.24) is 9.00 Å². The molecular formula is C5H12Cl2N2O. The molecule has 0 atom stereocenters. The molecular weight excluding hydrogens is 175 g/mol. The van der Waals surface area contributed by atoms with E-state index in [-0.39, 0.29) is 0 Å². The predicted octanol–water partition coefficient (Wildman–Crippen LogP) is 1.48. The van der Waals surface area contributed by atoms with Crippen molar-refractivity contribution in [2.45, 2.75) is 6.42 Å². The van der Waals surface area contributed by atoms with Gasteiger partial charge in [0.25, 0.3) is 0 Å². The van der Waals surface area contributed by atoms with Crippen molar-refractivity contribution in [1.29, 1.82) is 0 Å². The quantitative estimate of drug-likeness (QED) is 0.368. The third kappa shape index (κ3) is 8.46. The summed E-state index contributed by atoms with van der Waals surface area (Å²) in [5.74, 6) is 0. The average molecular weight is 187 g/mol. The van der Waals surface area contributed by atoms with Crippen LogP contribution in [0.2, 0.25) is 0 Å². The van der Waals surface area contributed by atoms with Crippen molar-refractivity contribution >= 4 is 23.6 Å². The molecule has 0 heterocycles. The lowest BCUT2D eigenvalue weighted by Gasteiger charge is -2.09. The molecule has 0 N–H and O–H groups in total. The zero-order valence-corrected chi connectivity index (χ0v) is 7.69. The van der Waals surface area contributed by atoms with E-state index in [2.05, 4.69) is 4.90 Å². The van der Waals surface area contributed by atoms with Crippen LogP contribution in [0.15, 0.2) is 0 Å². The molecule has 0 fully saturated rings. The summed E-state index contributed by atoms with van der Waals surface area (Å²) in [5, 5.41) is 0. The molecule has 0 aliphatic heterocycles. The van der Waals surface area contributed by atoms with Crippen molar-refractivity contribution in [3.05, 3.63) is 0 Å². The van der Waals surface area contributed by atoms with E-state index in [9.17, 15) is 0 Å². The highest BCUT2D eigenvalue weighted by Crippen LogP contribution is 1.99. The van der Waals surface area contributed by atoms with Crippen LogP contribution in [-0.4, -0.2) is 36.2 Å². The first kappa shape index (κ1) is 10.5. The average Bonchev–Trinajstić information content (AvgIpc) is 1.79. The smallest absolute Gasteiger partial charge is 0.0727 e. The third-order valence-electron chi connectivity index (χ3n) is 0.939. The molecule has 0 aliphatic rings. The normalized spacial score (nSPS) is 11.4. The highest BCUT2D eigenvalue weighted by Gasteiger charge is 1.94. The van der Waals surface area contributed by atoms with Crippen molar-refractivity contribution in [2.24, 2.45) is 0 Å². The Hall–Kier alpha value is 0.460. The summed E-state index contributed by atoms with van der Waals surface area (Å²) in [6, 6.07) is 0. The molecule has 0 bridgehead atoms. The molecule has 0 aromatic carbocycles. The van der Waals surface area contributed by atoms with E-state index in [1.54, 1.807) is 0 Å². The summed E-state index contributed by atoms with van der Waals surface area (Å²) >= 11 is 10.3. The molecule has 0 unspecified atom stereocenters. The Morgan fingerprint density at radius 1 is 1.30 bits per heavy atom. The number of halogens is 2. The fraction of sp³-hybridized carbons (Fsp3) is 1.00. The van der Waals surface area contributed by atoms with Gasteiger partial charge in [0.15, 0.2) is 0 Å². The number of hydrogen-bond acceptors (Lipinski definition) is 3. The molecule has 0 amide bonds. The first-order valence-corrected chi connectivity index (χ1v) is 3.70. The monoisotopic (exact) mass is 186 g/mol. The van der Waals surface area contributed by atoms with E-state index in [0.717, 1.165) is 13.0 Å². The summed E-state index contributed by atoms with van der Waals surface area (Å²) in [6.45, 7) is 1.52. The fourth-order valence-corrected chi connectivity index (χ4v) is 0.652. The minimum atomic E-state index is 0.547. The Morgan fingerprint density at radius 2 is 1.90 bits per heavy atom. The Balaban J connectivity index is 2.91. The molecule has 0 saturated heterocycles. The van der Waals surface area contributed by atoms with Crippen LogP contribution in [0.4, 0.5) is 0 Å². The maximum atomic E-state index is 5.16. The molecule has 3 nitrogen and oxygen atoms in total. The summed E-state index contributed by atoms with van der Waals surface area (Å²) in [4.78, 5) is 6.80. The van der Waals surface area contributed by atoms with Gasteiger partial charge in [-0.25, -0.2) is 0 Å². The van der Waals surface area contributed by atoms with Crippen LogP contribution >= 0.6 is 23.6 Å². The van der Waals surface area contributed by atoms with Crippen LogP contribution in [0.5, 0.6) is 0 Å². The minimum Gasteiger partial charge on any atom is -0.309 e. The molecule has 0 rings (SSSR count). The summed E-state index contributed by atoms with van der Waals surface area (Å²) in [7, 11) is 4.00. The zero-order valence-electron chi connectivity index (χ0n) is 6.18. The van der Waals surface area contributed by atoms with Gasteiger partial charge in [-0.1, -0.05) is 0 Å². The van der Waals surface area contributed by atoms with E-state index in [1.165, 1.54) is 0 Å². The predicted molar refractivity (Wildman–Crippen MR) is 42.7 cm³/mol. The highest BCUT2D eigenvalue weighted by atomic mass is 35.5. The lowest BCUT2D eigenvalue weighted by molar-refractivity contribution is -0.0157. The number of nitrogens with zero attached hydrogens (tertiary/aromatic N) is 2. The van der Waals surface area contributed by atoms with E-state index in [1.807, 2.05) is 14.1 Å². The molecule has 62 valence electrons. The number of hydrogen-bond donors (Lipinski definition) is 0. The Morgan fingerprint density at radius 3 is 2.30 bits per heavy atom. The first-order valence-electron chi connectivity index (χ1n) is 3.02. The third-order valence-corrected chi connectivity index (χ3v) is 1.13. The summed E-state index contributed by atoms with van der Waals surface area (Å²) in [5.41, 5.74) is 0. The standard InChI is InChI=1S/C5H12Cl2N2O/c1-8(2)4-3-5-10-9(6)7/h3-5H2,1-2H3. The highest BCUT2D eigenvalue weighted by molar-refractivity contribution is 6.32. The van der Waals surface area contributed by atoms with Crippen LogP contribution < -0.4 is 0 Å². The molecule has 0 aromatic heterocycles. The zero-order chi connectivity index (χ0) is 7.98. The maximum Gasteiger partial charge on any atom is 0.0727 e. The summed E-state index contributed by atoms with van der Waals surface area (Å²) < 4.78 is 0.676. The molecule has 0 saturated carbocycles. The van der Waals surface area contributed by atoms with Gasteiger partial charge >= 0.3 is 0 Å². The van der Waals surface area contributed by atoms with Crippen molar-refractivity contribution in [3.8, 4) is 0 Å². The van der Waals surface area contributed by atoms with Crippen LogP contribution in [0, 0.1) is 0 Å². The molecule has 0 spiro atoms. The first-order chi connectivity index (χ1) is 4.63. The van der Waals surface area contributed by atoms with E-state index >= 15 is 0 Å². The van der Waals surface area contributed by atoms with Gasteiger partial charge < -0.3 is 4.90 Å². The molecule has 0 radical (unpaired) electrons. The van der Waals surface area contributed by atoms with Crippen molar-refractivity contribution in [3.63, 3.8) is 0 Å². The van der Waals surface area contributed by atoms with Crippen molar-refractivity contribution < 1.29 is 4.84 Å². The maximum absolute atomic E-state index is 5.16.